The third kappa shape index (κ3) is 3.05. The van der Waals surface area contributed by atoms with E-state index >= 15 is 0 Å². The lowest BCUT2D eigenvalue weighted by molar-refractivity contribution is -0.118. The smallest absolute Gasteiger partial charge is 0.272 e. The molecule has 2 fully saturated rings. The van der Waals surface area contributed by atoms with E-state index in [1.165, 1.54) is 18.2 Å². The van der Waals surface area contributed by atoms with Gasteiger partial charge >= 0.3 is 5.69 Å². The number of thioether (sulfide) groups is 1. The van der Waals surface area contributed by atoms with Crippen LogP contribution < -0.4 is 11.1 Å². The van der Waals surface area contributed by atoms with Crippen molar-refractivity contribution in [1.29, 1.82) is 0 Å². The molecule has 7 nitrogen and oxygen atoms in total. The highest BCUT2D eigenvalue weighted by atomic mass is 32.2. The van der Waals surface area contributed by atoms with Crippen LogP contribution in [-0.2, 0) is 11.3 Å². The second-order valence-corrected chi connectivity index (χ2v) is 8.78. The number of hydrazone groups is 1. The Morgan fingerprint density at radius 2 is 2.24 bits per heavy atom. The van der Waals surface area contributed by atoms with E-state index in [4.69, 9.17) is 0 Å². The molecule has 0 aromatic carbocycles. The van der Waals surface area contributed by atoms with Crippen molar-refractivity contribution in [3.63, 3.8) is 0 Å². The molecule has 2 unspecified atom stereocenters. The van der Waals surface area contributed by atoms with Gasteiger partial charge in [-0.1, -0.05) is 39.5 Å². The van der Waals surface area contributed by atoms with Crippen LogP contribution in [0.2, 0.25) is 0 Å². The Hall–Kier alpha value is -1.57. The third-order valence-corrected chi connectivity index (χ3v) is 7.31. The Bertz CT molecular complexity index is 750. The Kier molecular flexibility index (Phi) is 4.83. The number of amides is 1. The van der Waals surface area contributed by atoms with Gasteiger partial charge in [-0.3, -0.25) is 9.36 Å². The number of nitrogens with zero attached hydrogens (tertiary/aromatic N) is 3. The number of rotatable bonds is 6. The van der Waals surface area contributed by atoms with Gasteiger partial charge in [-0.05, 0) is 37.0 Å². The van der Waals surface area contributed by atoms with Crippen LogP contribution in [0.25, 0.3) is 0 Å². The van der Waals surface area contributed by atoms with Crippen molar-refractivity contribution in [3.05, 3.63) is 10.5 Å². The van der Waals surface area contributed by atoms with Gasteiger partial charge in [-0.2, -0.15) is 5.10 Å². The Morgan fingerprint density at radius 1 is 1.48 bits per heavy atom. The van der Waals surface area contributed by atoms with E-state index in [9.17, 15) is 9.59 Å². The third-order valence-electron chi connectivity index (χ3n) is 6.33. The van der Waals surface area contributed by atoms with E-state index in [0.29, 0.717) is 17.6 Å². The highest BCUT2D eigenvalue weighted by molar-refractivity contribution is 7.99. The van der Waals surface area contributed by atoms with Crippen LogP contribution in [0.15, 0.2) is 15.1 Å². The van der Waals surface area contributed by atoms with Crippen molar-refractivity contribution in [2.75, 3.05) is 5.75 Å². The topological polar surface area (TPSA) is 92.1 Å². The van der Waals surface area contributed by atoms with Gasteiger partial charge in [0.25, 0.3) is 5.91 Å². The van der Waals surface area contributed by atoms with Gasteiger partial charge in [0.05, 0.1) is 5.75 Å². The summed E-state index contributed by atoms with van der Waals surface area (Å²) in [7, 11) is 0. The van der Waals surface area contributed by atoms with Gasteiger partial charge in [-0.15, -0.1) is 5.10 Å². The maximum atomic E-state index is 12.2. The van der Waals surface area contributed by atoms with Crippen molar-refractivity contribution in [2.24, 2.45) is 21.8 Å². The highest BCUT2D eigenvalue weighted by Gasteiger charge is 2.59. The zero-order valence-electron chi connectivity index (χ0n) is 15.4. The molecule has 1 heterocycles. The standard InChI is InChI=1S/C17H27N5O2S/c1-5-8-22-14(24)20-21-15(22)25-10-13(23)19-18-12-9-11-6-7-17(12,4)16(11,2)3/h11H,5-10H2,1-4H3,(H,19,23)(H,20,24)/b18-12+. The summed E-state index contributed by atoms with van der Waals surface area (Å²) in [6, 6.07) is 0. The van der Waals surface area contributed by atoms with Crippen molar-refractivity contribution >= 4 is 23.4 Å². The molecule has 8 heteroatoms. The second kappa shape index (κ2) is 6.63. The summed E-state index contributed by atoms with van der Waals surface area (Å²) in [5.74, 6) is 0.684. The monoisotopic (exact) mass is 365 g/mol. The first-order valence-electron chi connectivity index (χ1n) is 8.93. The number of nitrogens with one attached hydrogen (secondary N) is 2. The van der Waals surface area contributed by atoms with Gasteiger partial charge in [0.2, 0.25) is 0 Å². The quantitative estimate of drug-likeness (QED) is 0.598. The summed E-state index contributed by atoms with van der Waals surface area (Å²) in [5.41, 5.74) is 3.92. The number of hydrogen-bond acceptors (Lipinski definition) is 5. The van der Waals surface area contributed by atoms with Crippen molar-refractivity contribution in [2.45, 2.75) is 65.1 Å². The molecule has 25 heavy (non-hydrogen) atoms. The van der Waals surface area contributed by atoms with Gasteiger partial charge < -0.3 is 0 Å². The van der Waals surface area contributed by atoms with Gasteiger partial charge in [0, 0.05) is 17.7 Å². The molecule has 2 aliphatic carbocycles. The van der Waals surface area contributed by atoms with Gasteiger partial charge in [0.1, 0.15) is 0 Å². The predicted octanol–water partition coefficient (Wildman–Crippen LogP) is 2.39. The molecule has 1 amide bonds. The van der Waals surface area contributed by atoms with Crippen LogP contribution in [-0.4, -0.2) is 32.1 Å². The number of aromatic amines is 1. The second-order valence-electron chi connectivity index (χ2n) is 7.84. The first kappa shape index (κ1) is 18.2. The fourth-order valence-electron chi connectivity index (χ4n) is 4.22. The largest absolute Gasteiger partial charge is 0.343 e. The van der Waals surface area contributed by atoms with E-state index in [0.717, 1.165) is 25.0 Å². The fourth-order valence-corrected chi connectivity index (χ4v) is 4.99. The number of fused-ring (bicyclic) bond motifs is 2. The summed E-state index contributed by atoms with van der Waals surface area (Å²) >= 11 is 1.25. The normalized spacial score (nSPS) is 28.6. The van der Waals surface area contributed by atoms with Gasteiger partial charge in [0.15, 0.2) is 5.16 Å². The summed E-state index contributed by atoms with van der Waals surface area (Å²) in [6.07, 6.45) is 4.21. The maximum absolute atomic E-state index is 12.2. The predicted molar refractivity (Wildman–Crippen MR) is 98.7 cm³/mol. The lowest BCUT2D eigenvalue weighted by atomic mass is 9.70. The van der Waals surface area contributed by atoms with Crippen LogP contribution in [0.5, 0.6) is 0 Å². The number of aromatic nitrogens is 3. The van der Waals surface area contributed by atoms with Crippen LogP contribution in [0.4, 0.5) is 0 Å². The average Bonchev–Trinajstić information content (AvgIpc) is 3.09. The van der Waals surface area contributed by atoms with Gasteiger partial charge in [-0.25, -0.2) is 15.3 Å². The first-order valence-corrected chi connectivity index (χ1v) is 9.92. The summed E-state index contributed by atoms with van der Waals surface area (Å²) in [6.45, 7) is 9.49. The fraction of sp³-hybridized carbons (Fsp3) is 0.765. The molecule has 2 atom stereocenters. The molecule has 1 aromatic rings. The number of H-pyrrole nitrogens is 1. The Morgan fingerprint density at radius 3 is 2.84 bits per heavy atom. The van der Waals surface area contributed by atoms with Crippen LogP contribution >= 0.6 is 11.8 Å². The molecule has 138 valence electrons. The lowest BCUT2D eigenvalue weighted by Crippen LogP contribution is -2.34. The number of carbonyl (C=O) groups is 1. The zero-order valence-corrected chi connectivity index (χ0v) is 16.2. The molecular weight excluding hydrogens is 338 g/mol. The molecule has 2 aliphatic rings. The van der Waals surface area contributed by atoms with Crippen LogP contribution in [0, 0.1) is 16.7 Å². The minimum atomic E-state index is -0.234. The lowest BCUT2D eigenvalue weighted by Gasteiger charge is -2.34. The summed E-state index contributed by atoms with van der Waals surface area (Å²) < 4.78 is 1.56. The Labute approximate surface area is 152 Å². The molecular formula is C17H27N5O2S. The maximum Gasteiger partial charge on any atom is 0.343 e. The van der Waals surface area contributed by atoms with Crippen molar-refractivity contribution in [1.82, 2.24) is 20.2 Å². The molecule has 2 N–H and O–H groups in total. The molecule has 0 aliphatic heterocycles. The molecule has 1 aromatic heterocycles. The molecule has 0 radical (unpaired) electrons. The minimum Gasteiger partial charge on any atom is -0.272 e. The Balaban J connectivity index is 1.59. The van der Waals surface area contributed by atoms with Crippen molar-refractivity contribution < 1.29 is 4.79 Å². The van der Waals surface area contributed by atoms with Crippen LogP contribution in [0.3, 0.4) is 0 Å². The average molecular weight is 366 g/mol. The minimum absolute atomic E-state index is 0.0852. The first-order chi connectivity index (χ1) is 11.8. The molecule has 2 saturated carbocycles. The van der Waals surface area contributed by atoms with E-state index in [2.05, 4.69) is 41.5 Å². The molecule has 3 rings (SSSR count). The molecule has 0 saturated heterocycles. The zero-order chi connectivity index (χ0) is 18.2. The van der Waals surface area contributed by atoms with E-state index in [1.807, 2.05) is 6.92 Å². The van der Waals surface area contributed by atoms with Crippen LogP contribution in [0.1, 0.15) is 53.4 Å². The highest BCUT2D eigenvalue weighted by Crippen LogP contribution is 2.63. The number of carbonyl (C=O) groups excluding carboxylic acids is 1. The van der Waals surface area contributed by atoms with Crippen molar-refractivity contribution in [3.8, 4) is 0 Å². The number of hydrogen-bond donors (Lipinski definition) is 2. The van der Waals surface area contributed by atoms with E-state index < -0.39 is 0 Å². The molecule has 0 spiro atoms. The van der Waals surface area contributed by atoms with E-state index in [-0.39, 0.29) is 28.2 Å². The summed E-state index contributed by atoms with van der Waals surface area (Å²) in [4.78, 5) is 23.8. The SMILES string of the molecule is CCCn1c(SCC(=O)N/N=C2\CC3CCC2(C)C3(C)C)n[nH]c1=O. The van der Waals surface area contributed by atoms with E-state index in [1.54, 1.807) is 4.57 Å². The molecule has 2 bridgehead atoms. The summed E-state index contributed by atoms with van der Waals surface area (Å²) in [5, 5.41) is 11.4.